The molecule has 1 rings (SSSR count). The summed E-state index contributed by atoms with van der Waals surface area (Å²) in [6.45, 7) is 14.8. The minimum absolute atomic E-state index is 0.486. The molecule has 0 aliphatic heterocycles. The number of terminal acetylenes is 1. The van der Waals surface area contributed by atoms with Crippen LogP contribution >= 0.6 is 0 Å². The van der Waals surface area contributed by atoms with E-state index in [0.717, 1.165) is 0 Å². The first-order chi connectivity index (χ1) is 7.99. The third-order valence-electron chi connectivity index (χ3n) is 3.29. The molecule has 0 heteroatoms. The van der Waals surface area contributed by atoms with Crippen molar-refractivity contribution in [3.8, 4) is 12.3 Å². The van der Waals surface area contributed by atoms with Gasteiger partial charge in [-0.15, -0.1) is 6.42 Å². The molecule has 17 heavy (non-hydrogen) atoms. The molecule has 0 heterocycles. The number of rotatable bonds is 2. The molecule has 0 nitrogen and oxygen atoms in total. The van der Waals surface area contributed by atoms with Crippen LogP contribution in [-0.2, 0) is 0 Å². The molecule has 0 saturated heterocycles. The second-order valence-electron chi connectivity index (χ2n) is 5.21. The first-order valence-corrected chi connectivity index (χ1v) is 6.81. The molecule has 0 aromatic heterocycles. The van der Waals surface area contributed by atoms with E-state index in [9.17, 15) is 0 Å². The van der Waals surface area contributed by atoms with E-state index in [4.69, 9.17) is 6.42 Å². The lowest BCUT2D eigenvalue weighted by atomic mass is 9.83. The Kier molecular flexibility index (Phi) is 7.72. The topological polar surface area (TPSA) is 0 Å². The molecule has 2 atom stereocenters. The Morgan fingerprint density at radius 2 is 2.00 bits per heavy atom. The maximum absolute atomic E-state index is 5.55. The summed E-state index contributed by atoms with van der Waals surface area (Å²) >= 11 is 0. The normalized spacial score (nSPS) is 20.0. The lowest BCUT2D eigenvalue weighted by Gasteiger charge is -2.21. The van der Waals surface area contributed by atoms with Gasteiger partial charge in [-0.3, -0.25) is 0 Å². The van der Waals surface area contributed by atoms with Gasteiger partial charge in [0, 0.05) is 5.57 Å². The molecule has 96 valence electrons. The molecule has 0 radical (unpaired) electrons. The molecule has 2 unspecified atom stereocenters. The Balaban J connectivity index is 0.000000770. The SMILES string of the molecule is C#CC(=C(C)C)C(C)C1CCCC1=C.CCC. The highest BCUT2D eigenvalue weighted by atomic mass is 14.3. The van der Waals surface area contributed by atoms with Crippen molar-refractivity contribution < 1.29 is 0 Å². The zero-order valence-corrected chi connectivity index (χ0v) is 12.3. The van der Waals surface area contributed by atoms with Crippen molar-refractivity contribution in [2.24, 2.45) is 11.8 Å². The standard InChI is InChI=1S/C14H20.C3H8/c1-6-13(10(2)3)12(5)14-9-7-8-11(14)4;1-3-2/h1,12,14H,4,7-9H2,2-3,5H3;3H2,1-2H3. The van der Waals surface area contributed by atoms with Crippen molar-refractivity contribution in [1.82, 2.24) is 0 Å². The fourth-order valence-corrected chi connectivity index (χ4v) is 2.47. The predicted molar refractivity (Wildman–Crippen MR) is 78.8 cm³/mol. The predicted octanol–water partition coefficient (Wildman–Crippen LogP) is 5.36. The van der Waals surface area contributed by atoms with E-state index in [2.05, 4.69) is 47.1 Å². The van der Waals surface area contributed by atoms with Crippen molar-refractivity contribution >= 4 is 0 Å². The van der Waals surface area contributed by atoms with Crippen LogP contribution in [0.4, 0.5) is 0 Å². The van der Waals surface area contributed by atoms with Crippen molar-refractivity contribution in [3.63, 3.8) is 0 Å². The molecular formula is C17H28. The number of hydrogen-bond donors (Lipinski definition) is 0. The summed E-state index contributed by atoms with van der Waals surface area (Å²) in [5.74, 6) is 3.94. The Morgan fingerprint density at radius 1 is 1.47 bits per heavy atom. The van der Waals surface area contributed by atoms with Gasteiger partial charge in [0.1, 0.15) is 0 Å². The van der Waals surface area contributed by atoms with E-state index < -0.39 is 0 Å². The highest BCUT2D eigenvalue weighted by molar-refractivity contribution is 5.33. The third kappa shape index (κ3) is 4.82. The molecule has 1 saturated carbocycles. The Bertz CT molecular complexity index is 307. The summed E-state index contributed by atoms with van der Waals surface area (Å²) in [6, 6.07) is 0. The van der Waals surface area contributed by atoms with Gasteiger partial charge in [-0.25, -0.2) is 0 Å². The Morgan fingerprint density at radius 3 is 2.29 bits per heavy atom. The van der Waals surface area contributed by atoms with Crippen molar-refractivity contribution in [3.05, 3.63) is 23.3 Å². The average molecular weight is 232 g/mol. The smallest absolute Gasteiger partial charge is 0.00382 e. The van der Waals surface area contributed by atoms with Gasteiger partial charge in [0.15, 0.2) is 0 Å². The second-order valence-corrected chi connectivity index (χ2v) is 5.21. The van der Waals surface area contributed by atoms with Crippen molar-refractivity contribution in [2.45, 2.75) is 60.3 Å². The van der Waals surface area contributed by atoms with Crippen LogP contribution in [0.1, 0.15) is 60.3 Å². The number of hydrogen-bond acceptors (Lipinski definition) is 0. The maximum atomic E-state index is 5.55. The molecule has 0 aromatic carbocycles. The Labute approximate surface area is 108 Å². The van der Waals surface area contributed by atoms with E-state index in [1.54, 1.807) is 0 Å². The molecule has 0 amide bonds. The van der Waals surface area contributed by atoms with Gasteiger partial charge in [-0.1, -0.05) is 50.8 Å². The van der Waals surface area contributed by atoms with E-state index in [0.29, 0.717) is 11.8 Å². The van der Waals surface area contributed by atoms with Crippen LogP contribution in [-0.4, -0.2) is 0 Å². The van der Waals surface area contributed by atoms with E-state index in [-0.39, 0.29) is 0 Å². The fourth-order valence-electron chi connectivity index (χ4n) is 2.47. The lowest BCUT2D eigenvalue weighted by Crippen LogP contribution is -2.12. The third-order valence-corrected chi connectivity index (χ3v) is 3.29. The van der Waals surface area contributed by atoms with Gasteiger partial charge in [-0.2, -0.15) is 0 Å². The fraction of sp³-hybridized carbons (Fsp3) is 0.647. The van der Waals surface area contributed by atoms with Gasteiger partial charge >= 0.3 is 0 Å². The van der Waals surface area contributed by atoms with Gasteiger partial charge in [-0.05, 0) is 44.9 Å². The van der Waals surface area contributed by atoms with Gasteiger partial charge < -0.3 is 0 Å². The van der Waals surface area contributed by atoms with Crippen molar-refractivity contribution in [2.75, 3.05) is 0 Å². The molecule has 0 bridgehead atoms. The van der Waals surface area contributed by atoms with E-state index >= 15 is 0 Å². The summed E-state index contributed by atoms with van der Waals surface area (Å²) in [6.07, 6.45) is 10.5. The lowest BCUT2D eigenvalue weighted by molar-refractivity contribution is 0.482. The van der Waals surface area contributed by atoms with Gasteiger partial charge in [0.2, 0.25) is 0 Å². The zero-order chi connectivity index (χ0) is 13.4. The quantitative estimate of drug-likeness (QED) is 0.444. The molecule has 0 aromatic rings. The van der Waals surface area contributed by atoms with E-state index in [1.165, 1.54) is 42.4 Å². The zero-order valence-electron chi connectivity index (χ0n) is 12.3. The van der Waals surface area contributed by atoms with Crippen molar-refractivity contribution in [1.29, 1.82) is 0 Å². The summed E-state index contributed by atoms with van der Waals surface area (Å²) in [5, 5.41) is 0. The molecule has 1 aliphatic carbocycles. The molecular weight excluding hydrogens is 204 g/mol. The van der Waals surface area contributed by atoms with Crippen LogP contribution in [0.15, 0.2) is 23.3 Å². The van der Waals surface area contributed by atoms with Crippen LogP contribution < -0.4 is 0 Å². The average Bonchev–Trinajstić information content (AvgIpc) is 2.65. The second kappa shape index (κ2) is 8.18. The summed E-state index contributed by atoms with van der Waals surface area (Å²) in [5.41, 5.74) is 3.85. The minimum Gasteiger partial charge on any atom is -0.115 e. The highest BCUT2D eigenvalue weighted by Crippen LogP contribution is 2.38. The van der Waals surface area contributed by atoms with Crippen LogP contribution in [0.3, 0.4) is 0 Å². The van der Waals surface area contributed by atoms with Crippen LogP contribution in [0.2, 0.25) is 0 Å². The summed E-state index contributed by atoms with van der Waals surface area (Å²) in [7, 11) is 0. The molecule has 1 aliphatic rings. The molecule has 1 fully saturated rings. The van der Waals surface area contributed by atoms with Crippen LogP contribution in [0, 0.1) is 24.2 Å². The summed E-state index contributed by atoms with van der Waals surface area (Å²) in [4.78, 5) is 0. The van der Waals surface area contributed by atoms with Crippen LogP contribution in [0.25, 0.3) is 0 Å². The first kappa shape index (κ1) is 16.0. The molecule has 0 N–H and O–H groups in total. The van der Waals surface area contributed by atoms with E-state index in [1.807, 2.05) is 0 Å². The minimum atomic E-state index is 0.486. The monoisotopic (exact) mass is 232 g/mol. The first-order valence-electron chi connectivity index (χ1n) is 6.81. The highest BCUT2D eigenvalue weighted by Gasteiger charge is 2.26. The van der Waals surface area contributed by atoms with Gasteiger partial charge in [0.25, 0.3) is 0 Å². The Hall–Kier alpha value is -0.960. The van der Waals surface area contributed by atoms with Crippen LogP contribution in [0.5, 0.6) is 0 Å². The van der Waals surface area contributed by atoms with Gasteiger partial charge in [0.05, 0.1) is 0 Å². The summed E-state index contributed by atoms with van der Waals surface area (Å²) < 4.78 is 0. The molecule has 0 spiro atoms. The number of allylic oxidation sites excluding steroid dienone is 3. The largest absolute Gasteiger partial charge is 0.115 e. The maximum Gasteiger partial charge on any atom is 0.00382 e.